The normalized spacial score (nSPS) is 10.2. The number of nitro groups is 2. The van der Waals surface area contributed by atoms with Gasteiger partial charge in [0.05, 0.1) is 21.0 Å². The largest absolute Gasteiger partial charge is 0.457 e. The number of hydrogen-bond acceptors (Lipinski definition) is 8. The van der Waals surface area contributed by atoms with E-state index in [2.05, 4.69) is 0 Å². The first-order chi connectivity index (χ1) is 15.3. The summed E-state index contributed by atoms with van der Waals surface area (Å²) >= 11 is 0. The Hall–Kier alpha value is -4.60. The molecule has 0 atom stereocenters. The van der Waals surface area contributed by atoms with Gasteiger partial charge in [-0.25, -0.2) is 9.59 Å². The topological polar surface area (TPSA) is 139 Å². The predicted octanol–water partition coefficient (Wildman–Crippen LogP) is 4.22. The van der Waals surface area contributed by atoms with E-state index in [4.69, 9.17) is 9.47 Å². The lowest BCUT2D eigenvalue weighted by Crippen LogP contribution is -2.08. The van der Waals surface area contributed by atoms with Crippen LogP contribution in [-0.2, 0) is 22.7 Å². The van der Waals surface area contributed by atoms with E-state index < -0.39 is 21.8 Å². The zero-order chi connectivity index (χ0) is 23.1. The average molecular weight is 436 g/mol. The highest BCUT2D eigenvalue weighted by Gasteiger charge is 2.12. The van der Waals surface area contributed by atoms with Crippen molar-refractivity contribution in [3.8, 4) is 0 Å². The van der Waals surface area contributed by atoms with E-state index in [1.165, 1.54) is 72.8 Å². The molecule has 0 aliphatic carbocycles. The van der Waals surface area contributed by atoms with Crippen molar-refractivity contribution in [2.45, 2.75) is 13.2 Å². The molecule has 10 heteroatoms. The number of carbonyl (C=O) groups excluding carboxylic acids is 2. The quantitative estimate of drug-likeness (QED) is 0.291. The molecule has 10 nitrogen and oxygen atoms in total. The molecule has 0 fully saturated rings. The number of nitrogens with zero attached hydrogens (tertiary/aromatic N) is 2. The van der Waals surface area contributed by atoms with Gasteiger partial charge in [-0.2, -0.15) is 0 Å². The molecule has 0 heterocycles. The standard InChI is InChI=1S/C22H16N2O8/c25-21(31-13-15-1-9-19(10-2-15)23(27)28)17-5-7-18(8-6-17)22(26)32-14-16-3-11-20(12-4-16)24(29)30/h1-12H,13-14H2. The van der Waals surface area contributed by atoms with Crippen molar-refractivity contribution in [3.05, 3.63) is 115 Å². The van der Waals surface area contributed by atoms with Gasteiger partial charge in [0, 0.05) is 24.3 Å². The number of hydrogen-bond donors (Lipinski definition) is 0. The fraction of sp³-hybridized carbons (Fsp3) is 0.0909. The summed E-state index contributed by atoms with van der Waals surface area (Å²) in [5.74, 6) is -1.23. The molecule has 0 saturated heterocycles. The van der Waals surface area contributed by atoms with Crippen LogP contribution in [0.15, 0.2) is 72.8 Å². The van der Waals surface area contributed by atoms with E-state index in [-0.39, 0.29) is 35.7 Å². The molecule has 32 heavy (non-hydrogen) atoms. The molecule has 0 spiro atoms. The Morgan fingerprint density at radius 2 is 0.906 bits per heavy atom. The highest BCUT2D eigenvalue weighted by Crippen LogP contribution is 2.15. The monoisotopic (exact) mass is 436 g/mol. The van der Waals surface area contributed by atoms with Crippen molar-refractivity contribution in [3.63, 3.8) is 0 Å². The molecule has 3 aromatic rings. The van der Waals surface area contributed by atoms with E-state index >= 15 is 0 Å². The molecule has 3 aromatic carbocycles. The second kappa shape index (κ2) is 9.94. The molecular weight excluding hydrogens is 420 g/mol. The summed E-state index contributed by atoms with van der Waals surface area (Å²) in [4.78, 5) is 44.6. The van der Waals surface area contributed by atoms with Crippen LogP contribution >= 0.6 is 0 Å². The van der Waals surface area contributed by atoms with Gasteiger partial charge in [0.2, 0.25) is 0 Å². The summed E-state index contributed by atoms with van der Waals surface area (Å²) in [6.45, 7) is -0.119. The van der Waals surface area contributed by atoms with Crippen LogP contribution in [0.4, 0.5) is 11.4 Å². The molecule has 0 unspecified atom stereocenters. The number of ether oxygens (including phenoxy) is 2. The summed E-state index contributed by atoms with van der Waals surface area (Å²) in [6, 6.07) is 16.9. The van der Waals surface area contributed by atoms with E-state index in [0.717, 1.165) is 0 Å². The first-order valence-electron chi connectivity index (χ1n) is 9.24. The van der Waals surface area contributed by atoms with Crippen LogP contribution in [-0.4, -0.2) is 21.8 Å². The maximum Gasteiger partial charge on any atom is 0.338 e. The Balaban J connectivity index is 1.51. The molecular formula is C22H16N2O8. The van der Waals surface area contributed by atoms with Crippen LogP contribution in [0.3, 0.4) is 0 Å². The van der Waals surface area contributed by atoms with Crippen molar-refractivity contribution in [2.75, 3.05) is 0 Å². The van der Waals surface area contributed by atoms with Gasteiger partial charge in [0.25, 0.3) is 11.4 Å². The highest BCUT2D eigenvalue weighted by atomic mass is 16.6. The van der Waals surface area contributed by atoms with Crippen LogP contribution < -0.4 is 0 Å². The Labute approximate surface area is 181 Å². The predicted molar refractivity (Wildman–Crippen MR) is 111 cm³/mol. The minimum atomic E-state index is -0.617. The maximum absolute atomic E-state index is 12.2. The third-order valence-electron chi connectivity index (χ3n) is 4.39. The zero-order valence-corrected chi connectivity index (χ0v) is 16.5. The molecule has 0 bridgehead atoms. The second-order valence-electron chi connectivity index (χ2n) is 6.58. The summed E-state index contributed by atoms with van der Waals surface area (Å²) in [7, 11) is 0. The Bertz CT molecular complexity index is 1050. The third-order valence-corrected chi connectivity index (χ3v) is 4.39. The van der Waals surface area contributed by atoms with Gasteiger partial charge in [-0.05, 0) is 59.7 Å². The van der Waals surface area contributed by atoms with Crippen molar-refractivity contribution in [2.24, 2.45) is 0 Å². The van der Waals surface area contributed by atoms with Crippen LogP contribution in [0.5, 0.6) is 0 Å². The lowest BCUT2D eigenvalue weighted by atomic mass is 10.1. The fourth-order valence-corrected chi connectivity index (χ4v) is 2.63. The lowest BCUT2D eigenvalue weighted by Gasteiger charge is -2.07. The SMILES string of the molecule is O=C(OCc1ccc([N+](=O)[O-])cc1)c1ccc(C(=O)OCc2ccc([N+](=O)[O-])cc2)cc1. The number of non-ortho nitro benzene ring substituents is 2. The third kappa shape index (κ3) is 5.72. The average Bonchev–Trinajstić information content (AvgIpc) is 2.81. The van der Waals surface area contributed by atoms with Crippen LogP contribution in [0.25, 0.3) is 0 Å². The first kappa shape index (κ1) is 22.1. The van der Waals surface area contributed by atoms with Crippen molar-refractivity contribution >= 4 is 23.3 Å². The van der Waals surface area contributed by atoms with Crippen molar-refractivity contribution in [1.29, 1.82) is 0 Å². The molecule has 0 saturated carbocycles. The summed E-state index contributed by atoms with van der Waals surface area (Å²) < 4.78 is 10.3. The van der Waals surface area contributed by atoms with E-state index in [0.29, 0.717) is 11.1 Å². The van der Waals surface area contributed by atoms with E-state index in [1.807, 2.05) is 0 Å². The summed E-state index contributed by atoms with van der Waals surface area (Å²) in [6.07, 6.45) is 0. The van der Waals surface area contributed by atoms with Crippen molar-refractivity contribution < 1.29 is 28.9 Å². The summed E-state index contributed by atoms with van der Waals surface area (Å²) in [5, 5.41) is 21.3. The lowest BCUT2D eigenvalue weighted by molar-refractivity contribution is -0.385. The molecule has 0 N–H and O–H groups in total. The maximum atomic E-state index is 12.2. The Morgan fingerprint density at radius 3 is 1.19 bits per heavy atom. The number of rotatable bonds is 8. The Kier molecular flexibility index (Phi) is 6.86. The zero-order valence-electron chi connectivity index (χ0n) is 16.5. The molecule has 0 aliphatic heterocycles. The number of nitro benzene ring substituents is 2. The molecule has 3 rings (SSSR count). The fourth-order valence-electron chi connectivity index (χ4n) is 2.63. The second-order valence-corrected chi connectivity index (χ2v) is 6.58. The first-order valence-corrected chi connectivity index (χ1v) is 9.24. The number of benzene rings is 3. The van der Waals surface area contributed by atoms with Crippen molar-refractivity contribution in [1.82, 2.24) is 0 Å². The van der Waals surface area contributed by atoms with Crippen LogP contribution in [0.2, 0.25) is 0 Å². The van der Waals surface area contributed by atoms with E-state index in [1.54, 1.807) is 0 Å². The molecule has 0 aliphatic rings. The molecule has 0 aromatic heterocycles. The molecule has 0 amide bonds. The van der Waals surface area contributed by atoms with Crippen LogP contribution in [0.1, 0.15) is 31.8 Å². The number of carbonyl (C=O) groups is 2. The van der Waals surface area contributed by atoms with Gasteiger partial charge in [-0.3, -0.25) is 20.2 Å². The minimum Gasteiger partial charge on any atom is -0.457 e. The number of esters is 2. The molecule has 162 valence electrons. The van der Waals surface area contributed by atoms with Gasteiger partial charge in [-0.15, -0.1) is 0 Å². The van der Waals surface area contributed by atoms with Crippen LogP contribution in [0, 0.1) is 20.2 Å². The van der Waals surface area contributed by atoms with Gasteiger partial charge < -0.3 is 9.47 Å². The minimum absolute atomic E-state index is 0.0591. The highest BCUT2D eigenvalue weighted by molar-refractivity contribution is 5.93. The van der Waals surface area contributed by atoms with Gasteiger partial charge in [-0.1, -0.05) is 0 Å². The smallest absolute Gasteiger partial charge is 0.338 e. The van der Waals surface area contributed by atoms with Gasteiger partial charge in [0.15, 0.2) is 0 Å². The Morgan fingerprint density at radius 1 is 0.594 bits per heavy atom. The van der Waals surface area contributed by atoms with E-state index in [9.17, 15) is 29.8 Å². The summed E-state index contributed by atoms with van der Waals surface area (Å²) in [5.41, 5.74) is 1.51. The van der Waals surface area contributed by atoms with Gasteiger partial charge >= 0.3 is 11.9 Å². The van der Waals surface area contributed by atoms with Gasteiger partial charge in [0.1, 0.15) is 13.2 Å². The molecule has 0 radical (unpaired) electrons.